The first-order valence-corrected chi connectivity index (χ1v) is 11.6. The Bertz CT molecular complexity index is 1450. The third-order valence-corrected chi connectivity index (χ3v) is 6.90. The van der Waals surface area contributed by atoms with Crippen LogP contribution < -0.4 is 15.6 Å². The lowest BCUT2D eigenvalue weighted by Crippen LogP contribution is -2.27. The van der Waals surface area contributed by atoms with Gasteiger partial charge in [-0.15, -0.1) is 0 Å². The zero-order valence-electron chi connectivity index (χ0n) is 17.9. The number of para-hydroxylation sites is 1. The van der Waals surface area contributed by atoms with Crippen LogP contribution in [0.2, 0.25) is 5.02 Å². The van der Waals surface area contributed by atoms with Crippen molar-refractivity contribution in [2.75, 3.05) is 18.2 Å². The normalized spacial score (nSPS) is 14.9. The Kier molecular flexibility index (Phi) is 5.59. The molecule has 1 aliphatic heterocycles. The maximum absolute atomic E-state index is 13.3. The number of hydrogen-bond acceptors (Lipinski definition) is 6. The summed E-state index contributed by atoms with van der Waals surface area (Å²) in [6.07, 6.45) is 1.66. The molecule has 1 N–H and O–H groups in total. The van der Waals surface area contributed by atoms with Crippen molar-refractivity contribution in [1.29, 1.82) is 0 Å². The molecular formula is C23H20ClN5O3S. The molecule has 8 nitrogen and oxygen atoms in total. The second kappa shape index (κ2) is 8.57. The molecule has 0 aliphatic carbocycles. The fourth-order valence-electron chi connectivity index (χ4n) is 3.95. The molecule has 0 fully saturated rings. The Labute approximate surface area is 198 Å². The van der Waals surface area contributed by atoms with Crippen LogP contribution in [0.15, 0.2) is 58.6 Å². The third kappa shape index (κ3) is 3.87. The highest BCUT2D eigenvalue weighted by Crippen LogP contribution is 2.34. The molecule has 4 aromatic rings. The maximum atomic E-state index is 13.3. The molecule has 1 amide bonds. The van der Waals surface area contributed by atoms with E-state index >= 15 is 0 Å². The van der Waals surface area contributed by atoms with Gasteiger partial charge >= 0.3 is 0 Å². The number of hydrogen-bond donors (Lipinski definition) is 1. The Hall–Kier alpha value is -3.30. The lowest BCUT2D eigenvalue weighted by molar-refractivity contribution is -0.116. The van der Waals surface area contributed by atoms with Crippen molar-refractivity contribution in [3.05, 3.63) is 69.6 Å². The predicted molar refractivity (Wildman–Crippen MR) is 129 cm³/mol. The number of amides is 1. The van der Waals surface area contributed by atoms with Crippen molar-refractivity contribution in [2.45, 2.75) is 24.5 Å². The van der Waals surface area contributed by atoms with Gasteiger partial charge in [-0.3, -0.25) is 14.2 Å². The number of rotatable bonds is 5. The summed E-state index contributed by atoms with van der Waals surface area (Å²) in [6, 6.07) is 12.5. The quantitative estimate of drug-likeness (QED) is 0.429. The number of aromatic nitrogens is 4. The van der Waals surface area contributed by atoms with Crippen LogP contribution in [0, 0.1) is 6.92 Å². The van der Waals surface area contributed by atoms with Gasteiger partial charge in [-0.25, -0.2) is 9.67 Å². The van der Waals surface area contributed by atoms with Crippen LogP contribution in [0.3, 0.4) is 0 Å². The van der Waals surface area contributed by atoms with Gasteiger partial charge in [-0.1, -0.05) is 41.6 Å². The van der Waals surface area contributed by atoms with Crippen LogP contribution in [0.4, 0.5) is 5.69 Å². The van der Waals surface area contributed by atoms with Crippen LogP contribution in [-0.2, 0) is 4.79 Å². The van der Waals surface area contributed by atoms with Crippen molar-refractivity contribution in [3.63, 3.8) is 0 Å². The Morgan fingerprint density at radius 1 is 1.30 bits per heavy atom. The highest BCUT2D eigenvalue weighted by molar-refractivity contribution is 7.99. The molecule has 0 radical (unpaired) electrons. The fraction of sp³-hybridized carbons (Fsp3) is 0.217. The van der Waals surface area contributed by atoms with Gasteiger partial charge in [0.15, 0.2) is 10.8 Å². The molecule has 168 valence electrons. The minimum atomic E-state index is -0.318. The minimum absolute atomic E-state index is 0.120. The first kappa shape index (κ1) is 21.5. The monoisotopic (exact) mass is 481 g/mol. The standard InChI is InChI=1S/C23H20ClN5O3S/c1-13-5-3-4-6-18(13)29-21-16(11-25-29)22(31)28-15(12-33-23(28)27-21)10-20(30)26-17-9-14(24)7-8-19(17)32-2/h3-9,11,15H,10,12H2,1-2H3,(H,26,30). The zero-order chi connectivity index (χ0) is 23.1. The molecule has 1 atom stereocenters. The average Bonchev–Trinajstić information content (AvgIpc) is 3.39. The van der Waals surface area contributed by atoms with Crippen molar-refractivity contribution < 1.29 is 9.53 Å². The van der Waals surface area contributed by atoms with E-state index in [-0.39, 0.29) is 23.9 Å². The smallest absolute Gasteiger partial charge is 0.265 e. The number of anilines is 1. The van der Waals surface area contributed by atoms with Gasteiger partial charge < -0.3 is 10.1 Å². The van der Waals surface area contributed by atoms with Crippen LogP contribution in [-0.4, -0.2) is 38.1 Å². The number of halogens is 1. The van der Waals surface area contributed by atoms with E-state index in [1.54, 1.807) is 33.6 Å². The number of ether oxygens (including phenoxy) is 1. The Balaban J connectivity index is 1.45. The van der Waals surface area contributed by atoms with E-state index in [4.69, 9.17) is 21.3 Å². The van der Waals surface area contributed by atoms with Gasteiger partial charge in [0.05, 0.1) is 30.7 Å². The second-order valence-corrected chi connectivity index (χ2v) is 9.14. The van der Waals surface area contributed by atoms with Gasteiger partial charge in [0.2, 0.25) is 5.91 Å². The number of carbonyl (C=O) groups excluding carboxylic acids is 1. The molecule has 0 bridgehead atoms. The molecule has 0 spiro atoms. The summed E-state index contributed by atoms with van der Waals surface area (Å²) < 4.78 is 8.59. The first-order chi connectivity index (χ1) is 16.0. The molecule has 0 saturated carbocycles. The van der Waals surface area contributed by atoms with E-state index in [0.717, 1.165) is 11.3 Å². The number of thioether (sulfide) groups is 1. The number of nitrogens with zero attached hydrogens (tertiary/aromatic N) is 4. The molecule has 1 aliphatic rings. The summed E-state index contributed by atoms with van der Waals surface area (Å²) >= 11 is 7.51. The van der Waals surface area contributed by atoms with Gasteiger partial charge in [0.25, 0.3) is 5.56 Å². The maximum Gasteiger partial charge on any atom is 0.265 e. The molecule has 2 aromatic carbocycles. The summed E-state index contributed by atoms with van der Waals surface area (Å²) in [5.74, 6) is 0.849. The molecule has 3 heterocycles. The molecule has 5 rings (SSSR count). The van der Waals surface area contributed by atoms with E-state index in [9.17, 15) is 9.59 Å². The number of aryl methyl sites for hydroxylation is 1. The van der Waals surface area contributed by atoms with E-state index in [1.165, 1.54) is 18.9 Å². The number of fused-ring (bicyclic) bond motifs is 2. The van der Waals surface area contributed by atoms with Crippen molar-refractivity contribution in [1.82, 2.24) is 19.3 Å². The Morgan fingerprint density at radius 2 is 2.12 bits per heavy atom. The molecule has 0 saturated heterocycles. The predicted octanol–water partition coefficient (Wildman–Crippen LogP) is 4.23. The molecule has 1 unspecified atom stereocenters. The topological polar surface area (TPSA) is 91.0 Å². The highest BCUT2D eigenvalue weighted by Gasteiger charge is 2.30. The summed E-state index contributed by atoms with van der Waals surface area (Å²) in [5, 5.41) is 8.76. The lowest BCUT2D eigenvalue weighted by Gasteiger charge is -2.15. The summed E-state index contributed by atoms with van der Waals surface area (Å²) in [7, 11) is 1.52. The number of methoxy groups -OCH3 is 1. The zero-order valence-corrected chi connectivity index (χ0v) is 19.5. The van der Waals surface area contributed by atoms with Crippen molar-refractivity contribution >= 4 is 46.0 Å². The molecule has 2 aromatic heterocycles. The van der Waals surface area contributed by atoms with E-state index in [2.05, 4.69) is 10.4 Å². The molecule has 10 heteroatoms. The van der Waals surface area contributed by atoms with Gasteiger partial charge in [-0.05, 0) is 36.8 Å². The number of benzene rings is 2. The van der Waals surface area contributed by atoms with Crippen LogP contribution in [0.1, 0.15) is 18.0 Å². The highest BCUT2D eigenvalue weighted by atomic mass is 35.5. The SMILES string of the molecule is COc1ccc(Cl)cc1NC(=O)CC1CSc2nc3c(cnn3-c3ccccc3C)c(=O)n21. The van der Waals surface area contributed by atoms with Crippen molar-refractivity contribution in [2.24, 2.45) is 0 Å². The van der Waals surface area contributed by atoms with Gasteiger partial charge in [0, 0.05) is 17.2 Å². The summed E-state index contributed by atoms with van der Waals surface area (Å²) in [4.78, 5) is 30.9. The van der Waals surface area contributed by atoms with E-state index in [0.29, 0.717) is 38.4 Å². The van der Waals surface area contributed by atoms with Crippen LogP contribution in [0.25, 0.3) is 16.7 Å². The van der Waals surface area contributed by atoms with Gasteiger partial charge in [0.1, 0.15) is 11.1 Å². The minimum Gasteiger partial charge on any atom is -0.495 e. The van der Waals surface area contributed by atoms with Crippen molar-refractivity contribution in [3.8, 4) is 11.4 Å². The van der Waals surface area contributed by atoms with Crippen LogP contribution in [0.5, 0.6) is 5.75 Å². The molecule has 33 heavy (non-hydrogen) atoms. The van der Waals surface area contributed by atoms with E-state index < -0.39 is 0 Å². The van der Waals surface area contributed by atoms with E-state index in [1.807, 2.05) is 31.2 Å². The first-order valence-electron chi connectivity index (χ1n) is 10.3. The summed E-state index contributed by atoms with van der Waals surface area (Å²) in [6.45, 7) is 1.99. The lowest BCUT2D eigenvalue weighted by atomic mass is 10.2. The second-order valence-electron chi connectivity index (χ2n) is 7.71. The summed E-state index contributed by atoms with van der Waals surface area (Å²) in [5.41, 5.74) is 2.71. The third-order valence-electron chi connectivity index (χ3n) is 5.57. The van der Waals surface area contributed by atoms with Crippen LogP contribution >= 0.6 is 23.4 Å². The average molecular weight is 482 g/mol. The number of nitrogens with one attached hydrogen (secondary N) is 1. The Morgan fingerprint density at radius 3 is 2.91 bits per heavy atom. The molecular weight excluding hydrogens is 462 g/mol. The number of carbonyl (C=O) groups is 1. The fourth-order valence-corrected chi connectivity index (χ4v) is 5.25. The van der Waals surface area contributed by atoms with Gasteiger partial charge in [-0.2, -0.15) is 5.10 Å². The largest absolute Gasteiger partial charge is 0.495 e.